The molecule has 2 nitrogen and oxygen atoms in total. The first-order valence-corrected chi connectivity index (χ1v) is 3.90. The molecule has 0 N–H and O–H groups in total. The van der Waals surface area contributed by atoms with Crippen LogP contribution in [-0.4, -0.2) is 21.7 Å². The summed E-state index contributed by atoms with van der Waals surface area (Å²) >= 11 is 6.17. The van der Waals surface area contributed by atoms with Crippen LogP contribution in [0.5, 0.6) is 0 Å². The molecular formula is C5H6NOS2. The summed E-state index contributed by atoms with van der Waals surface area (Å²) in [6.07, 6.45) is 0. The average Bonchev–Trinajstić information content (AvgIpc) is 2.12. The van der Waals surface area contributed by atoms with Gasteiger partial charge in [-0.2, -0.15) is 0 Å². The fourth-order valence-corrected chi connectivity index (χ4v) is 1.64. The fourth-order valence-electron chi connectivity index (χ4n) is 0.603. The van der Waals surface area contributed by atoms with Crippen LogP contribution in [0.4, 0.5) is 0 Å². The first-order valence-electron chi connectivity index (χ1n) is 2.61. The Morgan fingerprint density at radius 1 is 1.89 bits per heavy atom. The Balaban J connectivity index is 2.66. The zero-order chi connectivity index (χ0) is 6.85. The van der Waals surface area contributed by atoms with E-state index in [0.29, 0.717) is 10.9 Å². The molecule has 1 saturated heterocycles. The van der Waals surface area contributed by atoms with E-state index in [1.807, 2.05) is 6.92 Å². The number of thiocarbonyl (C=S) groups is 1. The van der Waals surface area contributed by atoms with Crippen molar-refractivity contribution in [3.63, 3.8) is 0 Å². The van der Waals surface area contributed by atoms with Crippen molar-refractivity contribution in [3.8, 4) is 0 Å². The largest absolute Gasteiger partial charge is 0.297 e. The summed E-state index contributed by atoms with van der Waals surface area (Å²) in [5, 5.41) is 0. The summed E-state index contributed by atoms with van der Waals surface area (Å²) in [6, 6.07) is 0. The van der Waals surface area contributed by atoms with Crippen molar-refractivity contribution < 1.29 is 4.79 Å². The summed E-state index contributed by atoms with van der Waals surface area (Å²) in [7, 11) is 0. The number of amides is 1. The Labute approximate surface area is 63.6 Å². The van der Waals surface area contributed by atoms with Gasteiger partial charge in [-0.1, -0.05) is 24.0 Å². The van der Waals surface area contributed by atoms with Gasteiger partial charge in [0, 0.05) is 6.54 Å². The maximum Gasteiger partial charge on any atom is 0.243 e. The minimum atomic E-state index is 0.0208. The zero-order valence-electron chi connectivity index (χ0n) is 4.96. The third-order valence-corrected chi connectivity index (χ3v) is 2.31. The Hall–Kier alpha value is -0.0900. The Kier molecular flexibility index (Phi) is 2.08. The number of hydrogen-bond donors (Lipinski definition) is 0. The lowest BCUT2D eigenvalue weighted by Crippen LogP contribution is -2.26. The van der Waals surface area contributed by atoms with Crippen LogP contribution < -0.4 is 0 Å². The average molecular weight is 160 g/mol. The Morgan fingerprint density at radius 3 is 2.78 bits per heavy atom. The van der Waals surface area contributed by atoms with Crippen LogP contribution in [0.3, 0.4) is 0 Å². The molecule has 1 radical (unpaired) electrons. The maximum absolute atomic E-state index is 10.8. The number of carbonyl (C=O) groups excluding carboxylic acids is 1. The lowest BCUT2D eigenvalue weighted by molar-refractivity contribution is -0.122. The van der Waals surface area contributed by atoms with E-state index >= 15 is 0 Å². The molecule has 0 aromatic rings. The summed E-state index contributed by atoms with van der Waals surface area (Å²) in [6.45, 7) is 2.59. The highest BCUT2D eigenvalue weighted by Crippen LogP contribution is 2.22. The van der Waals surface area contributed by atoms with Crippen molar-refractivity contribution >= 4 is 34.2 Å². The zero-order valence-corrected chi connectivity index (χ0v) is 6.59. The minimum Gasteiger partial charge on any atom is -0.297 e. The second-order valence-corrected chi connectivity index (χ2v) is 3.09. The number of thioether (sulfide) groups is 1. The summed E-state index contributed by atoms with van der Waals surface area (Å²) in [5.41, 5.74) is 0. The van der Waals surface area contributed by atoms with E-state index in [-0.39, 0.29) is 5.91 Å². The second-order valence-electron chi connectivity index (χ2n) is 1.58. The molecule has 4 heteroatoms. The third kappa shape index (κ3) is 1.24. The molecule has 9 heavy (non-hydrogen) atoms. The SMILES string of the molecule is CCN1C(=O)[CH]SC1=S. The van der Waals surface area contributed by atoms with Crippen LogP contribution >= 0.6 is 24.0 Å². The van der Waals surface area contributed by atoms with Crippen molar-refractivity contribution in [2.75, 3.05) is 6.54 Å². The monoisotopic (exact) mass is 160 g/mol. The van der Waals surface area contributed by atoms with E-state index < -0.39 is 0 Å². The van der Waals surface area contributed by atoms with Gasteiger partial charge in [-0.25, -0.2) is 0 Å². The molecule has 0 atom stereocenters. The van der Waals surface area contributed by atoms with Crippen molar-refractivity contribution in [2.45, 2.75) is 6.92 Å². The lowest BCUT2D eigenvalue weighted by atomic mass is 10.6. The third-order valence-electron chi connectivity index (χ3n) is 1.06. The van der Waals surface area contributed by atoms with Gasteiger partial charge >= 0.3 is 0 Å². The van der Waals surface area contributed by atoms with Crippen molar-refractivity contribution in [1.82, 2.24) is 4.90 Å². The molecular weight excluding hydrogens is 154 g/mol. The van der Waals surface area contributed by atoms with E-state index in [4.69, 9.17) is 12.2 Å². The quantitative estimate of drug-likeness (QED) is 0.534. The number of nitrogens with zero attached hydrogens (tertiary/aromatic N) is 1. The maximum atomic E-state index is 10.8. The molecule has 1 amide bonds. The normalized spacial score (nSPS) is 19.4. The van der Waals surface area contributed by atoms with E-state index in [9.17, 15) is 4.79 Å². The van der Waals surface area contributed by atoms with Crippen LogP contribution in [0.15, 0.2) is 0 Å². The van der Waals surface area contributed by atoms with E-state index in [0.717, 1.165) is 0 Å². The highest BCUT2D eigenvalue weighted by Gasteiger charge is 2.24. The van der Waals surface area contributed by atoms with E-state index in [1.165, 1.54) is 17.5 Å². The van der Waals surface area contributed by atoms with Crippen LogP contribution in [0.1, 0.15) is 6.92 Å². The van der Waals surface area contributed by atoms with Gasteiger partial charge in [-0.05, 0) is 6.92 Å². The highest BCUT2D eigenvalue weighted by atomic mass is 32.2. The molecule has 0 aromatic heterocycles. The summed E-state index contributed by atoms with van der Waals surface area (Å²) < 4.78 is 0.669. The topological polar surface area (TPSA) is 20.3 Å². The predicted molar refractivity (Wildman–Crippen MR) is 41.9 cm³/mol. The molecule has 1 rings (SSSR count). The molecule has 0 spiro atoms. The molecule has 0 bridgehead atoms. The van der Waals surface area contributed by atoms with Crippen LogP contribution in [0.2, 0.25) is 0 Å². The Morgan fingerprint density at radius 2 is 2.56 bits per heavy atom. The van der Waals surface area contributed by atoms with Gasteiger partial charge in [-0.15, -0.1) is 0 Å². The van der Waals surface area contributed by atoms with Crippen LogP contribution in [0, 0.1) is 5.75 Å². The standard InChI is InChI=1S/C5H6NOS2/c1-2-6-4(7)3-9-5(6)8/h3H,2H2,1H3. The van der Waals surface area contributed by atoms with Crippen LogP contribution in [-0.2, 0) is 4.79 Å². The number of rotatable bonds is 1. The van der Waals surface area contributed by atoms with Crippen molar-refractivity contribution in [3.05, 3.63) is 5.75 Å². The second kappa shape index (κ2) is 2.66. The lowest BCUT2D eigenvalue weighted by Gasteiger charge is -2.09. The molecule has 0 unspecified atom stereocenters. The molecule has 1 aliphatic heterocycles. The van der Waals surface area contributed by atoms with Crippen LogP contribution in [0.25, 0.3) is 0 Å². The predicted octanol–water partition coefficient (Wildman–Crippen LogP) is 1.03. The summed E-state index contributed by atoms with van der Waals surface area (Å²) in [5.74, 6) is 1.55. The molecule has 49 valence electrons. The first kappa shape index (κ1) is 7.02. The molecule has 1 fully saturated rings. The van der Waals surface area contributed by atoms with Gasteiger partial charge in [0.15, 0.2) is 0 Å². The molecule has 0 aromatic carbocycles. The van der Waals surface area contributed by atoms with Crippen molar-refractivity contribution in [2.24, 2.45) is 0 Å². The number of carbonyl (C=O) groups is 1. The van der Waals surface area contributed by atoms with Gasteiger partial charge in [0.25, 0.3) is 0 Å². The summed E-state index contributed by atoms with van der Waals surface area (Å²) in [4.78, 5) is 12.3. The van der Waals surface area contributed by atoms with Gasteiger partial charge < -0.3 is 0 Å². The Bertz CT molecular complexity index is 141. The van der Waals surface area contributed by atoms with Gasteiger partial charge in [0.1, 0.15) is 10.1 Å². The minimum absolute atomic E-state index is 0.0208. The fraction of sp³-hybridized carbons (Fsp3) is 0.400. The molecule has 0 aliphatic carbocycles. The van der Waals surface area contributed by atoms with E-state index in [2.05, 4.69) is 0 Å². The van der Waals surface area contributed by atoms with Gasteiger partial charge in [-0.3, -0.25) is 9.69 Å². The van der Waals surface area contributed by atoms with Gasteiger partial charge in [0.05, 0.1) is 0 Å². The molecule has 1 heterocycles. The van der Waals surface area contributed by atoms with E-state index in [1.54, 1.807) is 4.90 Å². The smallest absolute Gasteiger partial charge is 0.243 e. The molecule has 1 aliphatic rings. The molecule has 0 saturated carbocycles. The first-order chi connectivity index (χ1) is 4.25. The van der Waals surface area contributed by atoms with Crippen molar-refractivity contribution in [1.29, 1.82) is 0 Å². The number of hydrogen-bond acceptors (Lipinski definition) is 3. The highest BCUT2D eigenvalue weighted by molar-refractivity contribution is 8.25. The van der Waals surface area contributed by atoms with Gasteiger partial charge in [0.2, 0.25) is 5.91 Å².